The van der Waals surface area contributed by atoms with Crippen molar-refractivity contribution < 1.29 is 19.5 Å². The maximum atomic E-state index is 13.0. The first-order chi connectivity index (χ1) is 18.3. The molecule has 0 spiro atoms. The molecule has 1 aliphatic heterocycles. The van der Waals surface area contributed by atoms with Crippen molar-refractivity contribution in [1.29, 1.82) is 0 Å². The maximum absolute atomic E-state index is 13.0. The maximum Gasteiger partial charge on any atom is 0.336 e. The summed E-state index contributed by atoms with van der Waals surface area (Å²) >= 11 is 1.50. The number of pyridine rings is 1. The van der Waals surface area contributed by atoms with Gasteiger partial charge in [0.05, 0.1) is 52.7 Å². The predicted molar refractivity (Wildman–Crippen MR) is 144 cm³/mol. The number of amides is 2. The van der Waals surface area contributed by atoms with Crippen molar-refractivity contribution in [2.75, 3.05) is 26.2 Å². The van der Waals surface area contributed by atoms with Gasteiger partial charge in [-0.3, -0.25) is 19.2 Å². The van der Waals surface area contributed by atoms with Crippen LogP contribution in [0.25, 0.3) is 21.5 Å². The zero-order valence-electron chi connectivity index (χ0n) is 21.2. The largest absolute Gasteiger partial charge is 0.478 e. The topological polar surface area (TPSA) is 121 Å². The molecule has 10 nitrogen and oxygen atoms in total. The number of aromatic nitrogens is 3. The SMILES string of the molecule is Cc1cc(CNC(=O)CN2CCN(Cc3c(-c4cccs4)nc4ccccc4c3C(=O)O)CC2=O)n(C)n1. The van der Waals surface area contributed by atoms with Crippen LogP contribution in [0.5, 0.6) is 0 Å². The summed E-state index contributed by atoms with van der Waals surface area (Å²) in [7, 11) is 1.82. The Hall–Kier alpha value is -4.09. The molecule has 196 valence electrons. The second kappa shape index (κ2) is 10.7. The summed E-state index contributed by atoms with van der Waals surface area (Å²) in [5.74, 6) is -1.44. The molecule has 0 radical (unpaired) electrons. The lowest BCUT2D eigenvalue weighted by molar-refractivity contribution is -0.140. The van der Waals surface area contributed by atoms with Crippen molar-refractivity contribution in [3.05, 3.63) is 70.4 Å². The van der Waals surface area contributed by atoms with Crippen LogP contribution in [-0.2, 0) is 29.7 Å². The normalized spacial score (nSPS) is 14.3. The minimum absolute atomic E-state index is 0.0259. The summed E-state index contributed by atoms with van der Waals surface area (Å²) in [6, 6.07) is 12.9. The zero-order valence-corrected chi connectivity index (χ0v) is 22.0. The molecule has 2 N–H and O–H groups in total. The smallest absolute Gasteiger partial charge is 0.336 e. The van der Waals surface area contributed by atoms with Crippen molar-refractivity contribution in [3.8, 4) is 10.6 Å². The van der Waals surface area contributed by atoms with E-state index in [0.717, 1.165) is 16.3 Å². The van der Waals surface area contributed by atoms with E-state index in [1.54, 1.807) is 16.8 Å². The van der Waals surface area contributed by atoms with Gasteiger partial charge < -0.3 is 15.3 Å². The first-order valence-electron chi connectivity index (χ1n) is 12.3. The summed E-state index contributed by atoms with van der Waals surface area (Å²) in [5.41, 5.74) is 3.79. The fourth-order valence-corrected chi connectivity index (χ4v) is 5.54. The van der Waals surface area contributed by atoms with E-state index in [4.69, 9.17) is 4.98 Å². The standard InChI is InChI=1S/C27H28N6O4S/c1-17-12-18(31(2)30-17)13-28-23(34)15-33-10-9-32(16-24(33)35)14-20-25(27(36)37)19-6-3-4-7-21(19)29-26(20)22-8-5-11-38-22/h3-8,11-12H,9-10,13-16H2,1-2H3,(H,28,34)(H,36,37). The van der Waals surface area contributed by atoms with E-state index in [9.17, 15) is 19.5 Å². The van der Waals surface area contributed by atoms with Gasteiger partial charge in [0.1, 0.15) is 0 Å². The Bertz CT molecular complexity index is 1510. The lowest BCUT2D eigenvalue weighted by Crippen LogP contribution is -2.52. The van der Waals surface area contributed by atoms with Gasteiger partial charge in [-0.25, -0.2) is 9.78 Å². The number of benzene rings is 1. The lowest BCUT2D eigenvalue weighted by atomic mass is 9.98. The molecule has 0 unspecified atom stereocenters. The van der Waals surface area contributed by atoms with Crippen molar-refractivity contribution >= 4 is 40.0 Å². The summed E-state index contributed by atoms with van der Waals surface area (Å²) < 4.78 is 1.72. The molecule has 1 aliphatic rings. The van der Waals surface area contributed by atoms with Gasteiger partial charge in [0, 0.05) is 37.6 Å². The number of hydrogen-bond donors (Lipinski definition) is 2. The fourth-order valence-electron chi connectivity index (χ4n) is 4.80. The lowest BCUT2D eigenvalue weighted by Gasteiger charge is -2.34. The van der Waals surface area contributed by atoms with Crippen molar-refractivity contribution in [2.24, 2.45) is 7.05 Å². The molecular formula is C27H28N6O4S. The molecule has 0 saturated carbocycles. The highest BCUT2D eigenvalue weighted by Crippen LogP contribution is 2.33. The number of carbonyl (C=O) groups is 3. The van der Waals surface area contributed by atoms with Gasteiger partial charge in [-0.15, -0.1) is 11.3 Å². The first-order valence-corrected chi connectivity index (χ1v) is 13.1. The van der Waals surface area contributed by atoms with Gasteiger partial charge in [0.2, 0.25) is 11.8 Å². The van der Waals surface area contributed by atoms with Crippen LogP contribution in [-0.4, -0.2) is 73.6 Å². The summed E-state index contributed by atoms with van der Waals surface area (Å²) in [6.07, 6.45) is 0. The van der Waals surface area contributed by atoms with Crippen molar-refractivity contribution in [2.45, 2.75) is 20.0 Å². The van der Waals surface area contributed by atoms with Crippen LogP contribution in [0, 0.1) is 6.92 Å². The minimum atomic E-state index is -1.03. The highest BCUT2D eigenvalue weighted by Gasteiger charge is 2.29. The Labute approximate surface area is 223 Å². The first kappa shape index (κ1) is 25.6. The number of nitrogens with zero attached hydrogens (tertiary/aromatic N) is 5. The molecule has 38 heavy (non-hydrogen) atoms. The average Bonchev–Trinajstić information content (AvgIpc) is 3.53. The number of aromatic carboxylic acids is 1. The van der Waals surface area contributed by atoms with E-state index in [2.05, 4.69) is 10.4 Å². The van der Waals surface area contributed by atoms with Crippen LogP contribution < -0.4 is 5.32 Å². The molecule has 0 bridgehead atoms. The third-order valence-electron chi connectivity index (χ3n) is 6.64. The summed E-state index contributed by atoms with van der Waals surface area (Å²) in [6.45, 7) is 3.43. The van der Waals surface area contributed by atoms with Crippen LogP contribution >= 0.6 is 11.3 Å². The van der Waals surface area contributed by atoms with Crippen LogP contribution in [0.3, 0.4) is 0 Å². The van der Waals surface area contributed by atoms with E-state index in [-0.39, 0.29) is 37.0 Å². The monoisotopic (exact) mass is 532 g/mol. The molecule has 0 aliphatic carbocycles. The number of aryl methyl sites for hydroxylation is 2. The Morgan fingerprint density at radius 1 is 1.16 bits per heavy atom. The molecule has 4 heterocycles. The van der Waals surface area contributed by atoms with Crippen LogP contribution in [0.2, 0.25) is 0 Å². The van der Waals surface area contributed by atoms with Gasteiger partial charge in [0.15, 0.2) is 0 Å². The third-order valence-corrected chi connectivity index (χ3v) is 7.52. The molecule has 1 saturated heterocycles. The van der Waals surface area contributed by atoms with Crippen LogP contribution in [0.1, 0.15) is 27.3 Å². The molecule has 1 fully saturated rings. The molecular weight excluding hydrogens is 504 g/mol. The quantitative estimate of drug-likeness (QED) is 0.358. The number of nitrogens with one attached hydrogen (secondary N) is 1. The number of para-hydroxylation sites is 1. The number of thiophene rings is 1. The molecule has 1 aromatic carbocycles. The summed E-state index contributed by atoms with van der Waals surface area (Å²) in [5, 5.41) is 19.8. The Morgan fingerprint density at radius 3 is 2.66 bits per heavy atom. The molecule has 2 amide bonds. The zero-order chi connectivity index (χ0) is 26.8. The van der Waals surface area contributed by atoms with Crippen LogP contribution in [0.4, 0.5) is 0 Å². The minimum Gasteiger partial charge on any atom is -0.478 e. The number of piperazine rings is 1. The van der Waals surface area contributed by atoms with Gasteiger partial charge in [-0.1, -0.05) is 24.3 Å². The van der Waals surface area contributed by atoms with E-state index in [1.165, 1.54) is 16.2 Å². The number of hydrogen-bond acceptors (Lipinski definition) is 7. The highest BCUT2D eigenvalue weighted by atomic mass is 32.1. The number of fused-ring (bicyclic) bond motifs is 1. The van der Waals surface area contributed by atoms with Crippen LogP contribution in [0.15, 0.2) is 47.8 Å². The number of carboxylic acid groups (broad SMARTS) is 1. The molecule has 3 aromatic heterocycles. The van der Waals surface area contributed by atoms with E-state index >= 15 is 0 Å². The Balaban J connectivity index is 1.31. The van der Waals surface area contributed by atoms with Gasteiger partial charge in [0.25, 0.3) is 0 Å². The number of carboxylic acids is 1. The predicted octanol–water partition coefficient (Wildman–Crippen LogP) is 2.66. The van der Waals surface area contributed by atoms with Gasteiger partial charge in [-0.2, -0.15) is 5.10 Å². The molecule has 5 rings (SSSR count). The van der Waals surface area contributed by atoms with Crippen molar-refractivity contribution in [3.63, 3.8) is 0 Å². The van der Waals surface area contributed by atoms with E-state index in [1.807, 2.05) is 54.6 Å². The van der Waals surface area contributed by atoms with E-state index < -0.39 is 5.97 Å². The fraction of sp³-hybridized carbons (Fsp3) is 0.296. The average molecular weight is 533 g/mol. The van der Waals surface area contributed by atoms with Gasteiger partial charge >= 0.3 is 5.97 Å². The Kier molecular flexibility index (Phi) is 7.21. The molecule has 11 heteroatoms. The second-order valence-corrected chi connectivity index (χ2v) is 10.3. The van der Waals surface area contributed by atoms with Crippen molar-refractivity contribution in [1.82, 2.24) is 29.9 Å². The number of carbonyl (C=O) groups excluding carboxylic acids is 2. The Morgan fingerprint density at radius 2 is 1.97 bits per heavy atom. The number of rotatable bonds is 8. The molecule has 0 atom stereocenters. The van der Waals surface area contributed by atoms with E-state index in [0.29, 0.717) is 41.8 Å². The summed E-state index contributed by atoms with van der Waals surface area (Å²) in [4.78, 5) is 47.1. The second-order valence-electron chi connectivity index (χ2n) is 9.32. The van der Waals surface area contributed by atoms with Gasteiger partial charge in [-0.05, 0) is 30.5 Å². The highest BCUT2D eigenvalue weighted by molar-refractivity contribution is 7.13. The third kappa shape index (κ3) is 5.29. The molecule has 4 aromatic rings.